The summed E-state index contributed by atoms with van der Waals surface area (Å²) in [7, 11) is 0. The van der Waals surface area contributed by atoms with Gasteiger partial charge in [-0.15, -0.1) is 0 Å². The lowest BCUT2D eigenvalue weighted by Crippen LogP contribution is -2.34. The van der Waals surface area contributed by atoms with E-state index in [1.165, 1.54) is 0 Å². The van der Waals surface area contributed by atoms with Crippen LogP contribution in [0.3, 0.4) is 0 Å². The first kappa shape index (κ1) is 13.7. The van der Waals surface area contributed by atoms with E-state index in [-0.39, 0.29) is 12.5 Å². The Morgan fingerprint density at radius 2 is 2.18 bits per heavy atom. The molecule has 1 unspecified atom stereocenters. The molecule has 1 atom stereocenters. The van der Waals surface area contributed by atoms with Gasteiger partial charge in [-0.05, 0) is 27.3 Å². The van der Waals surface area contributed by atoms with Gasteiger partial charge in [-0.1, -0.05) is 12.1 Å². The molecule has 0 saturated carbocycles. The van der Waals surface area contributed by atoms with Gasteiger partial charge in [-0.25, -0.2) is 0 Å². The van der Waals surface area contributed by atoms with E-state index in [2.05, 4.69) is 10.1 Å². The molecule has 0 aliphatic rings. The van der Waals surface area contributed by atoms with Crippen molar-refractivity contribution in [3.05, 3.63) is 17.0 Å². The molecule has 1 rings (SSSR count). The summed E-state index contributed by atoms with van der Waals surface area (Å²) in [5.74, 6) is 0.0400. The van der Waals surface area contributed by atoms with Gasteiger partial charge in [0.25, 0.3) is 0 Å². The quantitative estimate of drug-likeness (QED) is 0.823. The average molecular weight is 240 g/mol. The first-order valence-electron chi connectivity index (χ1n) is 5.83. The van der Waals surface area contributed by atoms with Gasteiger partial charge >= 0.3 is 5.97 Å². The van der Waals surface area contributed by atoms with Crippen LogP contribution in [0.4, 0.5) is 0 Å². The van der Waals surface area contributed by atoms with Crippen molar-refractivity contribution in [2.75, 3.05) is 6.54 Å². The molecule has 0 spiro atoms. The molecule has 5 nitrogen and oxygen atoms in total. The van der Waals surface area contributed by atoms with Crippen molar-refractivity contribution in [1.82, 2.24) is 10.1 Å². The minimum Gasteiger partial charge on any atom is -0.481 e. The number of hydrogen-bond acceptors (Lipinski definition) is 4. The largest absolute Gasteiger partial charge is 0.481 e. The number of aromatic nitrogens is 1. The highest BCUT2D eigenvalue weighted by Gasteiger charge is 2.19. The molecule has 1 aromatic rings. The fourth-order valence-corrected chi connectivity index (χ4v) is 1.89. The van der Waals surface area contributed by atoms with Gasteiger partial charge in [-0.3, -0.25) is 9.69 Å². The number of aliphatic carboxylic acids is 1. The second-order valence-corrected chi connectivity index (χ2v) is 4.31. The van der Waals surface area contributed by atoms with Crippen LogP contribution < -0.4 is 0 Å². The molecule has 1 N–H and O–H groups in total. The third-order valence-corrected chi connectivity index (χ3v) is 3.04. The minimum absolute atomic E-state index is 0.00574. The van der Waals surface area contributed by atoms with Crippen LogP contribution in [0.25, 0.3) is 0 Å². The SMILES string of the molecule is CCN(Cc1c(C)noc1C)C(C)CC(=O)O. The van der Waals surface area contributed by atoms with Crippen LogP contribution in [0, 0.1) is 13.8 Å². The lowest BCUT2D eigenvalue weighted by Gasteiger charge is -2.26. The van der Waals surface area contributed by atoms with E-state index in [0.29, 0.717) is 6.54 Å². The van der Waals surface area contributed by atoms with Crippen LogP contribution in [0.2, 0.25) is 0 Å². The maximum Gasteiger partial charge on any atom is 0.304 e. The summed E-state index contributed by atoms with van der Waals surface area (Å²) in [5.41, 5.74) is 1.94. The molecule has 0 radical (unpaired) electrons. The summed E-state index contributed by atoms with van der Waals surface area (Å²) in [6.45, 7) is 9.23. The normalized spacial score (nSPS) is 13.0. The van der Waals surface area contributed by atoms with E-state index < -0.39 is 5.97 Å². The predicted molar refractivity (Wildman–Crippen MR) is 63.8 cm³/mol. The van der Waals surface area contributed by atoms with E-state index in [1.807, 2.05) is 27.7 Å². The van der Waals surface area contributed by atoms with Crippen molar-refractivity contribution in [3.8, 4) is 0 Å². The Morgan fingerprint density at radius 1 is 1.53 bits per heavy atom. The van der Waals surface area contributed by atoms with E-state index in [9.17, 15) is 4.79 Å². The van der Waals surface area contributed by atoms with Gasteiger partial charge in [0.2, 0.25) is 0 Å². The van der Waals surface area contributed by atoms with E-state index in [4.69, 9.17) is 9.63 Å². The van der Waals surface area contributed by atoms with Gasteiger partial charge in [0, 0.05) is 18.2 Å². The predicted octanol–water partition coefficient (Wildman–Crippen LogP) is 1.98. The van der Waals surface area contributed by atoms with Crippen molar-refractivity contribution in [3.63, 3.8) is 0 Å². The summed E-state index contributed by atoms with van der Waals surface area (Å²) in [6, 6.07) is 0.00574. The highest BCUT2D eigenvalue weighted by Crippen LogP contribution is 2.17. The molecule has 0 aliphatic carbocycles. The van der Waals surface area contributed by atoms with E-state index >= 15 is 0 Å². The van der Waals surface area contributed by atoms with Crippen molar-refractivity contribution >= 4 is 5.97 Å². The Hall–Kier alpha value is -1.36. The molecule has 0 aromatic carbocycles. The Bertz CT molecular complexity index is 368. The Labute approximate surface area is 101 Å². The minimum atomic E-state index is -0.769. The summed E-state index contributed by atoms with van der Waals surface area (Å²) in [5, 5.41) is 12.7. The highest BCUT2D eigenvalue weighted by molar-refractivity contribution is 5.67. The molecule has 0 saturated heterocycles. The Morgan fingerprint density at radius 3 is 2.59 bits per heavy atom. The lowest BCUT2D eigenvalue weighted by atomic mass is 10.1. The molecule has 5 heteroatoms. The summed E-state index contributed by atoms with van der Waals surface area (Å²) >= 11 is 0. The highest BCUT2D eigenvalue weighted by atomic mass is 16.5. The van der Waals surface area contributed by atoms with Crippen LogP contribution in [0.1, 0.15) is 37.3 Å². The molecule has 0 aliphatic heterocycles. The van der Waals surface area contributed by atoms with Gasteiger partial charge in [0.1, 0.15) is 5.76 Å². The molecule has 0 bridgehead atoms. The van der Waals surface area contributed by atoms with E-state index in [1.54, 1.807) is 0 Å². The second-order valence-electron chi connectivity index (χ2n) is 4.31. The van der Waals surface area contributed by atoms with E-state index in [0.717, 1.165) is 23.6 Å². The van der Waals surface area contributed by atoms with Gasteiger partial charge < -0.3 is 9.63 Å². The molecular weight excluding hydrogens is 220 g/mol. The monoisotopic (exact) mass is 240 g/mol. The zero-order valence-electron chi connectivity index (χ0n) is 10.9. The number of carboxylic acids is 1. The number of rotatable bonds is 6. The van der Waals surface area contributed by atoms with Gasteiger partial charge in [0.15, 0.2) is 0 Å². The van der Waals surface area contributed by atoms with Gasteiger partial charge in [-0.2, -0.15) is 0 Å². The second kappa shape index (κ2) is 5.82. The van der Waals surface area contributed by atoms with Crippen LogP contribution in [0.15, 0.2) is 4.52 Å². The molecule has 0 fully saturated rings. The summed E-state index contributed by atoms with van der Waals surface area (Å²) < 4.78 is 5.11. The number of nitrogens with zero attached hydrogens (tertiary/aromatic N) is 2. The molecule has 1 heterocycles. The molecule has 1 aromatic heterocycles. The van der Waals surface area contributed by atoms with Crippen molar-refractivity contribution < 1.29 is 14.4 Å². The molecular formula is C12H20N2O3. The maximum atomic E-state index is 10.7. The number of hydrogen-bond donors (Lipinski definition) is 1. The van der Waals surface area contributed by atoms with Crippen LogP contribution in [-0.2, 0) is 11.3 Å². The van der Waals surface area contributed by atoms with Crippen LogP contribution >= 0.6 is 0 Å². The standard InChI is InChI=1S/C12H20N2O3/c1-5-14(8(2)6-12(15)16)7-11-9(3)13-17-10(11)4/h8H,5-7H2,1-4H3,(H,15,16). The molecule has 17 heavy (non-hydrogen) atoms. The van der Waals surface area contributed by atoms with Crippen LogP contribution in [0.5, 0.6) is 0 Å². The zero-order chi connectivity index (χ0) is 13.0. The number of carboxylic acid groups (broad SMARTS) is 1. The first-order valence-corrected chi connectivity index (χ1v) is 5.83. The van der Waals surface area contributed by atoms with Crippen molar-refractivity contribution in [1.29, 1.82) is 0 Å². The fraction of sp³-hybridized carbons (Fsp3) is 0.667. The number of carbonyl (C=O) groups is 1. The lowest BCUT2D eigenvalue weighted by molar-refractivity contribution is -0.138. The summed E-state index contributed by atoms with van der Waals surface area (Å²) in [4.78, 5) is 12.8. The van der Waals surface area contributed by atoms with Crippen molar-refractivity contribution in [2.24, 2.45) is 0 Å². The molecule has 96 valence electrons. The third kappa shape index (κ3) is 3.56. The molecule has 0 amide bonds. The topological polar surface area (TPSA) is 66.6 Å². The first-order chi connectivity index (χ1) is 7.95. The third-order valence-electron chi connectivity index (χ3n) is 3.04. The van der Waals surface area contributed by atoms with Crippen molar-refractivity contribution in [2.45, 2.75) is 46.7 Å². The Kier molecular flexibility index (Phi) is 4.69. The zero-order valence-corrected chi connectivity index (χ0v) is 10.9. The Balaban J connectivity index is 2.73. The smallest absolute Gasteiger partial charge is 0.304 e. The van der Waals surface area contributed by atoms with Crippen LogP contribution in [-0.4, -0.2) is 33.7 Å². The average Bonchev–Trinajstić information content (AvgIpc) is 2.55. The van der Waals surface area contributed by atoms with Gasteiger partial charge in [0.05, 0.1) is 12.1 Å². The summed E-state index contributed by atoms with van der Waals surface area (Å²) in [6.07, 6.45) is 0.150. The number of aryl methyl sites for hydroxylation is 2. The maximum absolute atomic E-state index is 10.7. The fourth-order valence-electron chi connectivity index (χ4n) is 1.89.